The van der Waals surface area contributed by atoms with Crippen LogP contribution >= 0.6 is 15.9 Å². The van der Waals surface area contributed by atoms with Crippen LogP contribution in [-0.2, 0) is 15.1 Å². The van der Waals surface area contributed by atoms with Gasteiger partial charge in [0, 0.05) is 20.1 Å². The molecule has 1 atom stereocenters. The van der Waals surface area contributed by atoms with Gasteiger partial charge in [-0.25, -0.2) is 9.97 Å². The zero-order chi connectivity index (χ0) is 10.0. The number of hydrogen-bond donors (Lipinski definition) is 0. The van der Waals surface area contributed by atoms with Gasteiger partial charge in [-0.15, -0.1) is 0 Å². The molecule has 1 saturated heterocycles. The Hall–Kier alpha value is -0.520. The second kappa shape index (κ2) is 3.92. The van der Waals surface area contributed by atoms with Gasteiger partial charge in [-0.1, -0.05) is 0 Å². The lowest BCUT2D eigenvalue weighted by Gasteiger charge is -2.24. The first-order valence-electron chi connectivity index (χ1n) is 4.38. The van der Waals surface area contributed by atoms with E-state index >= 15 is 0 Å². The lowest BCUT2D eigenvalue weighted by molar-refractivity contribution is -0.0247. The maximum absolute atomic E-state index is 5.50. The Balaban J connectivity index is 2.35. The molecule has 0 spiro atoms. The summed E-state index contributed by atoms with van der Waals surface area (Å²) < 4.78 is 11.6. The first-order chi connectivity index (χ1) is 6.77. The Morgan fingerprint density at radius 3 is 3.00 bits per heavy atom. The third-order valence-corrected chi connectivity index (χ3v) is 2.91. The van der Waals surface area contributed by atoms with Crippen LogP contribution in [0.5, 0.6) is 0 Å². The molecule has 0 saturated carbocycles. The largest absolute Gasteiger partial charge is 0.378 e. The second-order valence-electron chi connectivity index (χ2n) is 3.23. The summed E-state index contributed by atoms with van der Waals surface area (Å²) in [5.74, 6) is 0. The van der Waals surface area contributed by atoms with Crippen LogP contribution in [0.15, 0.2) is 17.0 Å². The molecule has 0 aliphatic carbocycles. The standard InChI is InChI=1S/C9H11BrN2O2/c1-13-9(2-3-14-5-9)7-4-8(10)12-6-11-7/h4,6H,2-3,5H2,1H3. The van der Waals surface area contributed by atoms with Gasteiger partial charge in [0.2, 0.25) is 0 Å². The maximum Gasteiger partial charge on any atom is 0.135 e. The highest BCUT2D eigenvalue weighted by atomic mass is 79.9. The van der Waals surface area contributed by atoms with Crippen molar-refractivity contribution >= 4 is 15.9 Å². The SMILES string of the molecule is COC1(c2cc(Br)ncn2)CCOC1. The van der Waals surface area contributed by atoms with Gasteiger partial charge < -0.3 is 9.47 Å². The molecule has 4 nitrogen and oxygen atoms in total. The van der Waals surface area contributed by atoms with E-state index in [2.05, 4.69) is 25.9 Å². The Kier molecular flexibility index (Phi) is 2.80. The molecule has 0 aromatic carbocycles. The molecule has 0 N–H and O–H groups in total. The number of ether oxygens (including phenoxy) is 2. The van der Waals surface area contributed by atoms with Crippen LogP contribution in [0, 0.1) is 0 Å². The van der Waals surface area contributed by atoms with Crippen molar-refractivity contribution in [1.29, 1.82) is 0 Å². The second-order valence-corrected chi connectivity index (χ2v) is 4.04. The molecule has 5 heteroatoms. The summed E-state index contributed by atoms with van der Waals surface area (Å²) in [5.41, 5.74) is 0.491. The van der Waals surface area contributed by atoms with Gasteiger partial charge in [-0.05, 0) is 22.0 Å². The molecule has 2 rings (SSSR count). The van der Waals surface area contributed by atoms with E-state index in [0.717, 1.165) is 23.3 Å². The Morgan fingerprint density at radius 2 is 2.43 bits per heavy atom. The first-order valence-corrected chi connectivity index (χ1v) is 5.17. The van der Waals surface area contributed by atoms with Crippen molar-refractivity contribution in [3.63, 3.8) is 0 Å². The number of methoxy groups -OCH3 is 1. The van der Waals surface area contributed by atoms with E-state index in [4.69, 9.17) is 9.47 Å². The van der Waals surface area contributed by atoms with E-state index in [1.807, 2.05) is 6.07 Å². The van der Waals surface area contributed by atoms with E-state index in [-0.39, 0.29) is 5.60 Å². The molecule has 1 fully saturated rings. The highest BCUT2D eigenvalue weighted by molar-refractivity contribution is 9.10. The zero-order valence-electron chi connectivity index (χ0n) is 7.86. The van der Waals surface area contributed by atoms with Crippen LogP contribution in [0.3, 0.4) is 0 Å². The van der Waals surface area contributed by atoms with E-state index in [1.165, 1.54) is 6.33 Å². The molecule has 1 unspecified atom stereocenters. The van der Waals surface area contributed by atoms with Crippen molar-refractivity contribution in [2.45, 2.75) is 12.0 Å². The number of hydrogen-bond acceptors (Lipinski definition) is 4. The average Bonchev–Trinajstić information content (AvgIpc) is 2.67. The van der Waals surface area contributed by atoms with E-state index in [0.29, 0.717) is 6.61 Å². The van der Waals surface area contributed by atoms with Crippen molar-refractivity contribution in [1.82, 2.24) is 9.97 Å². The van der Waals surface area contributed by atoms with Crippen molar-refractivity contribution in [2.75, 3.05) is 20.3 Å². The monoisotopic (exact) mass is 258 g/mol. The molecule has 1 aliphatic rings. The minimum absolute atomic E-state index is 0.383. The third kappa shape index (κ3) is 1.67. The lowest BCUT2D eigenvalue weighted by Crippen LogP contribution is -2.30. The molecule has 0 amide bonds. The van der Waals surface area contributed by atoms with Gasteiger partial charge >= 0.3 is 0 Å². The summed E-state index contributed by atoms with van der Waals surface area (Å²) in [6.45, 7) is 1.28. The Labute approximate surface area is 90.8 Å². The topological polar surface area (TPSA) is 44.2 Å². The van der Waals surface area contributed by atoms with E-state index in [1.54, 1.807) is 7.11 Å². The minimum Gasteiger partial charge on any atom is -0.378 e. The summed E-state index contributed by atoms with van der Waals surface area (Å²) in [6, 6.07) is 1.87. The van der Waals surface area contributed by atoms with Gasteiger partial charge in [0.15, 0.2) is 0 Å². The highest BCUT2D eigenvalue weighted by Gasteiger charge is 2.38. The molecule has 14 heavy (non-hydrogen) atoms. The summed E-state index contributed by atoms with van der Waals surface area (Å²) in [5, 5.41) is 0. The third-order valence-electron chi connectivity index (χ3n) is 2.48. The summed E-state index contributed by atoms with van der Waals surface area (Å²) in [4.78, 5) is 8.20. The van der Waals surface area contributed by atoms with Gasteiger partial charge in [-0.3, -0.25) is 0 Å². The predicted octanol–water partition coefficient (Wildman–Crippen LogP) is 1.50. The van der Waals surface area contributed by atoms with Crippen LogP contribution < -0.4 is 0 Å². The zero-order valence-corrected chi connectivity index (χ0v) is 9.45. The predicted molar refractivity (Wildman–Crippen MR) is 53.9 cm³/mol. The van der Waals surface area contributed by atoms with Crippen LogP contribution in [0.25, 0.3) is 0 Å². The Bertz CT molecular complexity index is 326. The molecule has 0 radical (unpaired) electrons. The molecular formula is C9H11BrN2O2. The highest BCUT2D eigenvalue weighted by Crippen LogP contribution is 2.32. The minimum atomic E-state index is -0.383. The number of halogens is 1. The van der Waals surface area contributed by atoms with Gasteiger partial charge in [0.1, 0.15) is 16.5 Å². The van der Waals surface area contributed by atoms with Crippen LogP contribution in [0.2, 0.25) is 0 Å². The number of aromatic nitrogens is 2. The summed E-state index contributed by atoms with van der Waals surface area (Å²) in [7, 11) is 1.69. The van der Waals surface area contributed by atoms with Crippen molar-refractivity contribution < 1.29 is 9.47 Å². The summed E-state index contributed by atoms with van der Waals surface area (Å²) >= 11 is 3.32. The normalized spacial score (nSPS) is 26.7. The molecule has 1 aromatic rings. The molecule has 0 bridgehead atoms. The molecule has 1 aliphatic heterocycles. The van der Waals surface area contributed by atoms with Gasteiger partial charge in [0.25, 0.3) is 0 Å². The molecule has 76 valence electrons. The van der Waals surface area contributed by atoms with Crippen molar-refractivity contribution in [2.24, 2.45) is 0 Å². The summed E-state index contributed by atoms with van der Waals surface area (Å²) in [6.07, 6.45) is 2.37. The average molecular weight is 259 g/mol. The lowest BCUT2D eigenvalue weighted by atomic mass is 9.98. The van der Waals surface area contributed by atoms with E-state index < -0.39 is 0 Å². The van der Waals surface area contributed by atoms with E-state index in [9.17, 15) is 0 Å². The van der Waals surface area contributed by atoms with Gasteiger partial charge in [-0.2, -0.15) is 0 Å². The fourth-order valence-electron chi connectivity index (χ4n) is 1.60. The smallest absolute Gasteiger partial charge is 0.135 e. The van der Waals surface area contributed by atoms with Crippen molar-refractivity contribution in [3.05, 3.63) is 22.7 Å². The van der Waals surface area contributed by atoms with Crippen LogP contribution in [0.4, 0.5) is 0 Å². The number of rotatable bonds is 2. The van der Waals surface area contributed by atoms with Crippen LogP contribution in [0.1, 0.15) is 12.1 Å². The van der Waals surface area contributed by atoms with Crippen LogP contribution in [-0.4, -0.2) is 30.3 Å². The maximum atomic E-state index is 5.50. The Morgan fingerprint density at radius 1 is 1.57 bits per heavy atom. The first kappa shape index (κ1) is 10.0. The van der Waals surface area contributed by atoms with Crippen molar-refractivity contribution in [3.8, 4) is 0 Å². The fourth-order valence-corrected chi connectivity index (χ4v) is 1.90. The quantitative estimate of drug-likeness (QED) is 0.755. The molecule has 2 heterocycles. The fraction of sp³-hybridized carbons (Fsp3) is 0.556. The van der Waals surface area contributed by atoms with Gasteiger partial charge in [0.05, 0.1) is 12.3 Å². The molecule has 1 aromatic heterocycles. The molecular weight excluding hydrogens is 248 g/mol. The number of nitrogens with zero attached hydrogens (tertiary/aromatic N) is 2.